The number of carboxylic acid groups (broad SMARTS) is 2. The summed E-state index contributed by atoms with van der Waals surface area (Å²) in [5, 5.41) is 16.9. The second-order valence-corrected chi connectivity index (χ2v) is 3.47. The highest BCUT2D eigenvalue weighted by Crippen LogP contribution is 1.86. The lowest BCUT2D eigenvalue weighted by atomic mass is 10.2. The van der Waals surface area contributed by atoms with Crippen LogP contribution in [-0.2, 0) is 14.4 Å². The molecule has 0 saturated heterocycles. The molecule has 88 valence electrons. The number of carbonyl (C=O) groups is 3. The quantitative estimate of drug-likeness (QED) is 0.611. The van der Waals surface area contributed by atoms with Crippen LogP contribution >= 0.6 is 31.9 Å². The molecule has 0 amide bonds. The van der Waals surface area contributed by atoms with Crippen molar-refractivity contribution in [3.63, 3.8) is 0 Å². The van der Waals surface area contributed by atoms with E-state index in [-0.39, 0.29) is 5.78 Å². The van der Waals surface area contributed by atoms with Crippen molar-refractivity contribution in [3.8, 4) is 0 Å². The van der Waals surface area contributed by atoms with Gasteiger partial charge in [-0.25, -0.2) is 0 Å². The van der Waals surface area contributed by atoms with Crippen LogP contribution in [0.4, 0.5) is 0 Å². The molecule has 1 atom stereocenters. The van der Waals surface area contributed by atoms with Crippen LogP contribution in [0, 0.1) is 0 Å². The Labute approximate surface area is 103 Å². The lowest BCUT2D eigenvalue weighted by Gasteiger charge is -1.99. The minimum atomic E-state index is -1.29. The van der Waals surface area contributed by atoms with E-state index in [1.165, 1.54) is 0 Å². The predicted octanol–water partition coefficient (Wildman–Crippen LogP) is 0.218. The zero-order valence-electron chi connectivity index (χ0n) is 7.65. The molecule has 0 aliphatic carbocycles. The molecule has 0 saturated carbocycles. The number of halogens is 2. The third-order valence-corrected chi connectivity index (χ3v) is 2.26. The molecule has 0 aromatic rings. The van der Waals surface area contributed by atoms with Crippen molar-refractivity contribution in [3.05, 3.63) is 0 Å². The van der Waals surface area contributed by atoms with Crippen LogP contribution < -0.4 is 5.73 Å². The number of alkyl halides is 2. The van der Waals surface area contributed by atoms with Gasteiger partial charge in [0.2, 0.25) is 0 Å². The average molecular weight is 349 g/mol. The first-order chi connectivity index (χ1) is 6.84. The molecule has 0 bridgehead atoms. The fraction of sp³-hybridized carbons (Fsp3) is 0.571. The molecular weight excluding hydrogens is 338 g/mol. The van der Waals surface area contributed by atoms with Crippen LogP contribution in [0.2, 0.25) is 0 Å². The second kappa shape index (κ2) is 10.1. The van der Waals surface area contributed by atoms with Crippen LogP contribution in [0.25, 0.3) is 0 Å². The highest BCUT2D eigenvalue weighted by atomic mass is 79.9. The Kier molecular flexibility index (Phi) is 11.4. The number of hydrogen-bond donors (Lipinski definition) is 3. The summed E-state index contributed by atoms with van der Waals surface area (Å²) in [7, 11) is 0. The number of hydrogen-bond acceptors (Lipinski definition) is 4. The van der Waals surface area contributed by atoms with E-state index in [1.807, 2.05) is 0 Å². The monoisotopic (exact) mass is 347 g/mol. The molecule has 1 unspecified atom stereocenters. The Morgan fingerprint density at radius 1 is 1.13 bits per heavy atom. The molecule has 0 aromatic heterocycles. The topological polar surface area (TPSA) is 118 Å². The van der Waals surface area contributed by atoms with E-state index in [9.17, 15) is 14.4 Å². The van der Waals surface area contributed by atoms with Gasteiger partial charge in [-0.1, -0.05) is 31.9 Å². The molecule has 0 aliphatic heterocycles. The van der Waals surface area contributed by atoms with Gasteiger partial charge in [0.15, 0.2) is 5.78 Å². The Morgan fingerprint density at radius 2 is 1.53 bits per heavy atom. The number of ketones is 1. The first kappa shape index (κ1) is 16.9. The van der Waals surface area contributed by atoms with E-state index in [1.54, 1.807) is 0 Å². The zero-order chi connectivity index (χ0) is 12.4. The van der Waals surface area contributed by atoms with E-state index in [2.05, 4.69) is 31.9 Å². The van der Waals surface area contributed by atoms with E-state index in [0.717, 1.165) is 0 Å². The minimum Gasteiger partial charge on any atom is -0.481 e. The molecule has 0 aliphatic rings. The third-order valence-electron chi connectivity index (χ3n) is 1.01. The SMILES string of the molecule is NC(CC(=O)O)C(=O)O.O=C(CBr)CBr. The maximum absolute atomic E-state index is 10.1. The molecule has 0 spiro atoms. The number of rotatable bonds is 5. The Morgan fingerprint density at radius 3 is 1.60 bits per heavy atom. The van der Waals surface area contributed by atoms with Crippen molar-refractivity contribution < 1.29 is 24.6 Å². The molecule has 15 heavy (non-hydrogen) atoms. The van der Waals surface area contributed by atoms with E-state index in [4.69, 9.17) is 15.9 Å². The fourth-order valence-electron chi connectivity index (χ4n) is 0.311. The number of carboxylic acids is 2. The van der Waals surface area contributed by atoms with Gasteiger partial charge < -0.3 is 15.9 Å². The summed E-state index contributed by atoms with van der Waals surface area (Å²) in [6.07, 6.45) is -0.532. The summed E-state index contributed by atoms with van der Waals surface area (Å²) >= 11 is 5.99. The zero-order valence-corrected chi connectivity index (χ0v) is 10.8. The van der Waals surface area contributed by atoms with Crippen LogP contribution in [0.1, 0.15) is 6.42 Å². The van der Waals surface area contributed by atoms with Gasteiger partial charge >= 0.3 is 11.9 Å². The first-order valence-electron chi connectivity index (χ1n) is 3.69. The summed E-state index contributed by atoms with van der Waals surface area (Å²) < 4.78 is 0. The van der Waals surface area contributed by atoms with Crippen LogP contribution in [0.15, 0.2) is 0 Å². The average Bonchev–Trinajstić information content (AvgIpc) is 2.16. The summed E-state index contributed by atoms with van der Waals surface area (Å²) in [6, 6.07) is -1.29. The smallest absolute Gasteiger partial charge is 0.321 e. The molecule has 0 aromatic carbocycles. The van der Waals surface area contributed by atoms with Gasteiger partial charge in [-0.15, -0.1) is 0 Å². The Bertz CT molecular complexity index is 227. The van der Waals surface area contributed by atoms with Crippen molar-refractivity contribution in [2.45, 2.75) is 12.5 Å². The number of carbonyl (C=O) groups excluding carboxylic acids is 1. The van der Waals surface area contributed by atoms with Crippen molar-refractivity contribution in [1.82, 2.24) is 0 Å². The fourth-order valence-corrected chi connectivity index (χ4v) is 1.24. The summed E-state index contributed by atoms with van der Waals surface area (Å²) in [5.41, 5.74) is 4.84. The molecule has 6 nitrogen and oxygen atoms in total. The number of Topliss-reactive ketones (excluding diaryl/α,β-unsaturated/α-hetero) is 1. The van der Waals surface area contributed by atoms with Crippen LogP contribution in [-0.4, -0.2) is 44.6 Å². The minimum absolute atomic E-state index is 0.176. The summed E-state index contributed by atoms with van der Waals surface area (Å²) in [6.45, 7) is 0. The van der Waals surface area contributed by atoms with Gasteiger partial charge in [-0.05, 0) is 0 Å². The Balaban J connectivity index is 0. The third kappa shape index (κ3) is 13.5. The van der Waals surface area contributed by atoms with Gasteiger partial charge in [0.05, 0.1) is 17.1 Å². The van der Waals surface area contributed by atoms with E-state index >= 15 is 0 Å². The summed E-state index contributed by atoms with van der Waals surface area (Å²) in [5.74, 6) is -2.32. The molecular formula is C7H11Br2NO5. The van der Waals surface area contributed by atoms with Crippen molar-refractivity contribution >= 4 is 49.6 Å². The molecule has 4 N–H and O–H groups in total. The van der Waals surface area contributed by atoms with E-state index in [0.29, 0.717) is 10.7 Å². The lowest BCUT2D eigenvalue weighted by molar-refractivity contribution is -0.144. The van der Waals surface area contributed by atoms with Crippen molar-refractivity contribution in [2.24, 2.45) is 5.73 Å². The van der Waals surface area contributed by atoms with Gasteiger partial charge in [0, 0.05) is 0 Å². The molecule has 8 heteroatoms. The van der Waals surface area contributed by atoms with Crippen molar-refractivity contribution in [2.75, 3.05) is 10.7 Å². The maximum Gasteiger partial charge on any atom is 0.321 e. The predicted molar refractivity (Wildman–Crippen MR) is 60.5 cm³/mol. The van der Waals surface area contributed by atoms with Gasteiger partial charge in [-0.2, -0.15) is 0 Å². The van der Waals surface area contributed by atoms with Crippen LogP contribution in [0.5, 0.6) is 0 Å². The van der Waals surface area contributed by atoms with Gasteiger partial charge in [0.25, 0.3) is 0 Å². The lowest BCUT2D eigenvalue weighted by Crippen LogP contribution is -2.32. The molecule has 0 rings (SSSR count). The van der Waals surface area contributed by atoms with Crippen molar-refractivity contribution in [1.29, 1.82) is 0 Å². The highest BCUT2D eigenvalue weighted by Gasteiger charge is 2.14. The largest absolute Gasteiger partial charge is 0.481 e. The first-order valence-corrected chi connectivity index (χ1v) is 5.93. The van der Waals surface area contributed by atoms with Gasteiger partial charge in [0.1, 0.15) is 6.04 Å². The van der Waals surface area contributed by atoms with E-state index < -0.39 is 24.4 Å². The van der Waals surface area contributed by atoms with Gasteiger partial charge in [-0.3, -0.25) is 14.4 Å². The standard InChI is InChI=1S/C4H7NO4.C3H4Br2O/c5-2(4(8)9)1-3(6)7;4-1-3(6)2-5/h2H,1,5H2,(H,6,7)(H,8,9);1-2H2. The maximum atomic E-state index is 10.1. The molecule has 0 heterocycles. The molecule has 0 radical (unpaired) electrons. The Hall–Kier alpha value is -0.470. The number of aliphatic carboxylic acids is 2. The second-order valence-electron chi connectivity index (χ2n) is 2.35. The molecule has 0 fully saturated rings. The summed E-state index contributed by atoms with van der Waals surface area (Å²) in [4.78, 5) is 29.7. The number of nitrogens with two attached hydrogens (primary N) is 1. The highest BCUT2D eigenvalue weighted by molar-refractivity contribution is 9.10. The van der Waals surface area contributed by atoms with Crippen LogP contribution in [0.3, 0.4) is 0 Å². The normalized spacial score (nSPS) is 10.9.